The molecule has 1 saturated carbocycles. The third-order valence-corrected chi connectivity index (χ3v) is 4.56. The van der Waals surface area contributed by atoms with E-state index in [1.165, 1.54) is 12.6 Å². The fourth-order valence-electron chi connectivity index (χ4n) is 2.82. The molecule has 1 amide bonds. The number of hydrogen-bond acceptors (Lipinski definition) is 4. The zero-order chi connectivity index (χ0) is 17.6. The summed E-state index contributed by atoms with van der Waals surface area (Å²) >= 11 is 0. The van der Waals surface area contributed by atoms with Gasteiger partial charge < -0.3 is 10.1 Å². The Morgan fingerprint density at radius 1 is 1.24 bits per heavy atom. The van der Waals surface area contributed by atoms with Crippen molar-refractivity contribution in [3.63, 3.8) is 0 Å². The third kappa shape index (κ3) is 4.24. The fourth-order valence-corrected chi connectivity index (χ4v) is 2.82. The van der Waals surface area contributed by atoms with Crippen LogP contribution in [-0.2, 0) is 6.61 Å². The lowest BCUT2D eigenvalue weighted by Gasteiger charge is -2.24. The summed E-state index contributed by atoms with van der Waals surface area (Å²) in [4.78, 5) is 28.8. The molecule has 0 atom stereocenters. The van der Waals surface area contributed by atoms with Crippen LogP contribution >= 0.6 is 0 Å². The predicted octanol–water partition coefficient (Wildman–Crippen LogP) is 3.39. The number of nitrogens with zero attached hydrogens (tertiary/aromatic N) is 1. The molecule has 130 valence electrons. The summed E-state index contributed by atoms with van der Waals surface area (Å²) in [5.41, 5.74) is 1.74. The van der Waals surface area contributed by atoms with Gasteiger partial charge in [-0.25, -0.2) is 4.98 Å². The molecule has 3 rings (SSSR count). The van der Waals surface area contributed by atoms with Gasteiger partial charge in [0.25, 0.3) is 5.91 Å². The number of hydrogen-bond donors (Lipinski definition) is 1. The normalized spacial score (nSPS) is 13.8. The first-order valence-electron chi connectivity index (χ1n) is 8.59. The highest BCUT2D eigenvalue weighted by Gasteiger charge is 2.23. The SMILES string of the molecule is CNC(=O)c1cc(C(=O)CC2CCC2)cnc1OCc1ccccc1. The molecule has 5 nitrogen and oxygen atoms in total. The lowest BCUT2D eigenvalue weighted by Crippen LogP contribution is -2.21. The average molecular weight is 338 g/mol. The van der Waals surface area contributed by atoms with Gasteiger partial charge in [-0.2, -0.15) is 0 Å². The van der Waals surface area contributed by atoms with Crippen molar-refractivity contribution in [3.8, 4) is 5.88 Å². The summed E-state index contributed by atoms with van der Waals surface area (Å²) in [5.74, 6) is 0.444. The van der Waals surface area contributed by atoms with Gasteiger partial charge in [0, 0.05) is 25.2 Å². The van der Waals surface area contributed by atoms with Gasteiger partial charge in [0.1, 0.15) is 12.2 Å². The molecular formula is C20H22N2O3. The number of carbonyl (C=O) groups excluding carboxylic acids is 2. The number of ketones is 1. The van der Waals surface area contributed by atoms with E-state index in [2.05, 4.69) is 10.3 Å². The number of amides is 1. The second-order valence-electron chi connectivity index (χ2n) is 6.35. The van der Waals surface area contributed by atoms with Crippen molar-refractivity contribution in [3.05, 3.63) is 59.3 Å². The largest absolute Gasteiger partial charge is 0.472 e. The Morgan fingerprint density at radius 2 is 2.00 bits per heavy atom. The van der Waals surface area contributed by atoms with Gasteiger partial charge in [0.05, 0.1) is 0 Å². The molecule has 1 aromatic heterocycles. The smallest absolute Gasteiger partial charge is 0.256 e. The van der Waals surface area contributed by atoms with Crippen molar-refractivity contribution in [2.75, 3.05) is 7.05 Å². The molecule has 1 fully saturated rings. The number of rotatable bonds is 7. The van der Waals surface area contributed by atoms with Crippen LogP contribution in [0.2, 0.25) is 0 Å². The fraction of sp³-hybridized carbons (Fsp3) is 0.350. The van der Waals surface area contributed by atoms with Crippen molar-refractivity contribution in [2.24, 2.45) is 5.92 Å². The zero-order valence-electron chi connectivity index (χ0n) is 14.3. The second kappa shape index (κ2) is 7.92. The van der Waals surface area contributed by atoms with Crippen molar-refractivity contribution >= 4 is 11.7 Å². The van der Waals surface area contributed by atoms with Gasteiger partial charge in [-0.05, 0) is 17.5 Å². The van der Waals surface area contributed by atoms with Crippen LogP contribution < -0.4 is 10.1 Å². The minimum absolute atomic E-state index is 0.0389. The summed E-state index contributed by atoms with van der Waals surface area (Å²) < 4.78 is 5.71. The molecule has 0 saturated heterocycles. The maximum Gasteiger partial charge on any atom is 0.256 e. The number of Topliss-reactive ketones (excluding diaryl/α,β-unsaturated/α-hetero) is 1. The Balaban J connectivity index is 1.77. The van der Waals surface area contributed by atoms with Crippen LogP contribution in [0.4, 0.5) is 0 Å². The minimum atomic E-state index is -0.311. The molecule has 1 N–H and O–H groups in total. The van der Waals surface area contributed by atoms with Gasteiger partial charge in [0.15, 0.2) is 5.78 Å². The van der Waals surface area contributed by atoms with Crippen LogP contribution in [0.5, 0.6) is 5.88 Å². The van der Waals surface area contributed by atoms with E-state index in [9.17, 15) is 9.59 Å². The molecular weight excluding hydrogens is 316 g/mol. The van der Waals surface area contributed by atoms with E-state index in [4.69, 9.17) is 4.74 Å². The van der Waals surface area contributed by atoms with Gasteiger partial charge >= 0.3 is 0 Å². The van der Waals surface area contributed by atoms with Gasteiger partial charge in [-0.1, -0.05) is 49.6 Å². The quantitative estimate of drug-likeness (QED) is 0.786. The molecule has 0 unspecified atom stereocenters. The van der Waals surface area contributed by atoms with E-state index in [0.717, 1.165) is 18.4 Å². The van der Waals surface area contributed by atoms with Crippen LogP contribution in [-0.4, -0.2) is 23.7 Å². The maximum absolute atomic E-state index is 12.4. The summed E-state index contributed by atoms with van der Waals surface area (Å²) in [6, 6.07) is 11.3. The Kier molecular flexibility index (Phi) is 5.43. The van der Waals surface area contributed by atoms with Crippen molar-refractivity contribution < 1.29 is 14.3 Å². The Hall–Kier alpha value is -2.69. The topological polar surface area (TPSA) is 68.3 Å². The lowest BCUT2D eigenvalue weighted by molar-refractivity contribution is 0.0936. The Bertz CT molecular complexity index is 755. The molecule has 0 aliphatic heterocycles. The molecule has 0 radical (unpaired) electrons. The molecule has 25 heavy (non-hydrogen) atoms. The molecule has 0 bridgehead atoms. The average Bonchev–Trinajstić information content (AvgIpc) is 2.63. The Morgan fingerprint density at radius 3 is 2.64 bits per heavy atom. The number of ether oxygens (including phenoxy) is 1. The number of nitrogens with one attached hydrogen (secondary N) is 1. The van der Waals surface area contributed by atoms with Gasteiger partial charge in [0.2, 0.25) is 5.88 Å². The van der Waals surface area contributed by atoms with Crippen LogP contribution in [0.1, 0.15) is 52.0 Å². The van der Waals surface area contributed by atoms with Crippen LogP contribution in [0.3, 0.4) is 0 Å². The van der Waals surface area contributed by atoms with Crippen LogP contribution in [0.25, 0.3) is 0 Å². The Labute approximate surface area is 147 Å². The zero-order valence-corrected chi connectivity index (χ0v) is 14.3. The van der Waals surface area contributed by atoms with E-state index in [0.29, 0.717) is 24.5 Å². The monoisotopic (exact) mass is 338 g/mol. The lowest BCUT2D eigenvalue weighted by atomic mass is 9.81. The maximum atomic E-state index is 12.4. The molecule has 1 heterocycles. The summed E-state index contributed by atoms with van der Waals surface area (Å²) in [5, 5.41) is 2.58. The van der Waals surface area contributed by atoms with Crippen molar-refractivity contribution in [1.82, 2.24) is 10.3 Å². The van der Waals surface area contributed by atoms with Crippen molar-refractivity contribution in [2.45, 2.75) is 32.3 Å². The molecule has 1 aromatic carbocycles. The van der Waals surface area contributed by atoms with Gasteiger partial charge in [-0.15, -0.1) is 0 Å². The van der Waals surface area contributed by atoms with Gasteiger partial charge in [-0.3, -0.25) is 9.59 Å². The number of aromatic nitrogens is 1. The molecule has 1 aliphatic rings. The molecule has 1 aliphatic carbocycles. The summed E-state index contributed by atoms with van der Waals surface area (Å²) in [7, 11) is 1.55. The van der Waals surface area contributed by atoms with E-state index in [-0.39, 0.29) is 23.1 Å². The first-order valence-corrected chi connectivity index (χ1v) is 8.59. The predicted molar refractivity (Wildman–Crippen MR) is 94.7 cm³/mol. The molecule has 5 heteroatoms. The summed E-state index contributed by atoms with van der Waals surface area (Å²) in [6.07, 6.45) is 5.46. The standard InChI is InChI=1S/C20H22N2O3/c1-21-19(24)17-11-16(18(23)10-14-8-5-9-14)12-22-20(17)25-13-15-6-3-2-4-7-15/h2-4,6-7,11-12,14H,5,8-10,13H2,1H3,(H,21,24). The third-order valence-electron chi connectivity index (χ3n) is 4.56. The van der Waals surface area contributed by atoms with Crippen molar-refractivity contribution in [1.29, 1.82) is 0 Å². The first-order chi connectivity index (χ1) is 12.2. The summed E-state index contributed by atoms with van der Waals surface area (Å²) in [6.45, 7) is 0.313. The van der Waals surface area contributed by atoms with Crippen LogP contribution in [0.15, 0.2) is 42.6 Å². The number of carbonyl (C=O) groups is 2. The molecule has 2 aromatic rings. The first kappa shape index (κ1) is 17.1. The van der Waals surface area contributed by atoms with E-state index in [1.807, 2.05) is 30.3 Å². The van der Waals surface area contributed by atoms with Crippen LogP contribution in [0, 0.1) is 5.92 Å². The van der Waals surface area contributed by atoms with E-state index >= 15 is 0 Å². The second-order valence-corrected chi connectivity index (χ2v) is 6.35. The number of pyridine rings is 1. The highest BCUT2D eigenvalue weighted by Crippen LogP contribution is 2.31. The molecule has 0 spiro atoms. The highest BCUT2D eigenvalue weighted by molar-refractivity contribution is 6.01. The minimum Gasteiger partial charge on any atom is -0.472 e. The number of benzene rings is 1. The van der Waals surface area contributed by atoms with E-state index in [1.54, 1.807) is 13.1 Å². The highest BCUT2D eigenvalue weighted by atomic mass is 16.5. The van der Waals surface area contributed by atoms with E-state index < -0.39 is 0 Å².